The molecule has 0 saturated heterocycles. The minimum absolute atomic E-state index is 0.0254. The number of hydrogen-bond acceptors (Lipinski definition) is 4. The molecule has 2 atom stereocenters. The second-order valence-electron chi connectivity index (χ2n) is 7.43. The largest absolute Gasteiger partial charge is 0.356 e. The molecule has 0 aromatic heterocycles. The highest BCUT2D eigenvalue weighted by Crippen LogP contribution is 2.38. The molecule has 0 aromatic rings. The van der Waals surface area contributed by atoms with E-state index in [0.717, 1.165) is 44.9 Å². The van der Waals surface area contributed by atoms with Crippen LogP contribution in [0.3, 0.4) is 0 Å². The lowest BCUT2D eigenvalue weighted by atomic mass is 9.71. The highest BCUT2D eigenvalue weighted by molar-refractivity contribution is 7.88. The van der Waals surface area contributed by atoms with Crippen molar-refractivity contribution in [3.05, 3.63) is 0 Å². The van der Waals surface area contributed by atoms with Gasteiger partial charge in [0, 0.05) is 19.0 Å². The maximum atomic E-state index is 12.3. The molecule has 2 fully saturated rings. The third-order valence-corrected chi connectivity index (χ3v) is 6.20. The maximum absolute atomic E-state index is 12.3. The SMILES string of the molecule is CS(=O)(=O)NC1CCCC1CNC(=O)CC1(CN)CCCCC1. The number of nitrogens with one attached hydrogen (secondary N) is 2. The van der Waals surface area contributed by atoms with Crippen LogP contribution < -0.4 is 15.8 Å². The molecule has 0 heterocycles. The van der Waals surface area contributed by atoms with Crippen LogP contribution in [0.2, 0.25) is 0 Å². The van der Waals surface area contributed by atoms with Gasteiger partial charge in [0.25, 0.3) is 0 Å². The van der Waals surface area contributed by atoms with E-state index in [4.69, 9.17) is 5.73 Å². The first kappa shape index (κ1) is 18.7. The van der Waals surface area contributed by atoms with Crippen molar-refractivity contribution < 1.29 is 13.2 Å². The second-order valence-corrected chi connectivity index (χ2v) is 9.21. The fourth-order valence-electron chi connectivity index (χ4n) is 4.11. The molecule has 1 amide bonds. The van der Waals surface area contributed by atoms with Crippen LogP contribution >= 0.6 is 0 Å². The summed E-state index contributed by atoms with van der Waals surface area (Å²) in [4.78, 5) is 12.3. The molecule has 0 bridgehead atoms. The summed E-state index contributed by atoms with van der Waals surface area (Å²) in [5, 5.41) is 3.02. The Hall–Kier alpha value is -0.660. The first-order chi connectivity index (χ1) is 10.8. The lowest BCUT2D eigenvalue weighted by Crippen LogP contribution is -2.43. The normalized spacial score (nSPS) is 27.7. The summed E-state index contributed by atoms with van der Waals surface area (Å²) in [7, 11) is -3.19. The number of carbonyl (C=O) groups excluding carboxylic acids is 1. The third kappa shape index (κ3) is 5.72. The van der Waals surface area contributed by atoms with E-state index in [0.29, 0.717) is 19.5 Å². The zero-order valence-electron chi connectivity index (χ0n) is 14.1. The fraction of sp³-hybridized carbons (Fsp3) is 0.938. The van der Waals surface area contributed by atoms with Crippen molar-refractivity contribution >= 4 is 15.9 Å². The van der Waals surface area contributed by atoms with Crippen molar-refractivity contribution in [2.75, 3.05) is 19.3 Å². The number of amides is 1. The monoisotopic (exact) mass is 345 g/mol. The Bertz CT molecular complexity index is 501. The quantitative estimate of drug-likeness (QED) is 0.643. The van der Waals surface area contributed by atoms with Crippen LogP contribution in [-0.2, 0) is 14.8 Å². The highest BCUT2D eigenvalue weighted by atomic mass is 32.2. The molecule has 0 aliphatic heterocycles. The van der Waals surface area contributed by atoms with E-state index in [1.807, 2.05) is 0 Å². The van der Waals surface area contributed by atoms with Crippen LogP contribution in [0.1, 0.15) is 57.8 Å². The topological polar surface area (TPSA) is 101 Å². The Morgan fingerprint density at radius 2 is 1.87 bits per heavy atom. The van der Waals surface area contributed by atoms with Gasteiger partial charge in [-0.3, -0.25) is 4.79 Å². The van der Waals surface area contributed by atoms with E-state index in [9.17, 15) is 13.2 Å². The zero-order valence-corrected chi connectivity index (χ0v) is 15.0. The molecule has 0 spiro atoms. The molecular weight excluding hydrogens is 314 g/mol. The molecule has 23 heavy (non-hydrogen) atoms. The van der Waals surface area contributed by atoms with E-state index in [1.165, 1.54) is 12.7 Å². The van der Waals surface area contributed by atoms with Crippen molar-refractivity contribution in [2.45, 2.75) is 63.8 Å². The van der Waals surface area contributed by atoms with Crippen LogP contribution in [0.5, 0.6) is 0 Å². The van der Waals surface area contributed by atoms with Crippen LogP contribution in [0.15, 0.2) is 0 Å². The summed E-state index contributed by atoms with van der Waals surface area (Å²) in [5.41, 5.74) is 5.91. The van der Waals surface area contributed by atoms with Gasteiger partial charge in [0.1, 0.15) is 0 Å². The summed E-state index contributed by atoms with van der Waals surface area (Å²) >= 11 is 0. The molecular formula is C16H31N3O3S. The smallest absolute Gasteiger partial charge is 0.220 e. The van der Waals surface area contributed by atoms with Gasteiger partial charge in [-0.1, -0.05) is 25.7 Å². The van der Waals surface area contributed by atoms with Gasteiger partial charge in [0.2, 0.25) is 15.9 Å². The minimum atomic E-state index is -3.19. The van der Waals surface area contributed by atoms with Crippen LogP contribution in [0, 0.1) is 11.3 Å². The standard InChI is InChI=1S/C16H31N3O3S/c1-23(21,22)19-14-7-5-6-13(14)11-18-15(20)10-16(12-17)8-3-2-4-9-16/h13-14,19H,2-12,17H2,1H3,(H,18,20). The van der Waals surface area contributed by atoms with E-state index in [1.54, 1.807) is 0 Å². The third-order valence-electron chi connectivity index (χ3n) is 5.47. The first-order valence-electron chi connectivity index (χ1n) is 8.78. The van der Waals surface area contributed by atoms with Crippen LogP contribution in [0.25, 0.3) is 0 Å². The van der Waals surface area contributed by atoms with Gasteiger partial charge in [-0.15, -0.1) is 0 Å². The molecule has 0 radical (unpaired) electrons. The molecule has 7 heteroatoms. The highest BCUT2D eigenvalue weighted by Gasteiger charge is 2.34. The minimum Gasteiger partial charge on any atom is -0.356 e. The second kappa shape index (κ2) is 7.94. The van der Waals surface area contributed by atoms with Crippen molar-refractivity contribution in [1.82, 2.24) is 10.0 Å². The molecule has 2 unspecified atom stereocenters. The van der Waals surface area contributed by atoms with Crippen LogP contribution in [-0.4, -0.2) is 39.7 Å². The molecule has 134 valence electrons. The zero-order chi connectivity index (χ0) is 16.9. The van der Waals surface area contributed by atoms with Gasteiger partial charge in [0.15, 0.2) is 0 Å². The van der Waals surface area contributed by atoms with E-state index < -0.39 is 10.0 Å². The average Bonchev–Trinajstić information content (AvgIpc) is 2.91. The average molecular weight is 346 g/mol. The van der Waals surface area contributed by atoms with Gasteiger partial charge in [-0.2, -0.15) is 0 Å². The summed E-state index contributed by atoms with van der Waals surface area (Å²) in [6.45, 7) is 1.12. The molecule has 2 aliphatic rings. The number of hydrogen-bond donors (Lipinski definition) is 3. The van der Waals surface area contributed by atoms with E-state index >= 15 is 0 Å². The maximum Gasteiger partial charge on any atom is 0.220 e. The Kier molecular flexibility index (Phi) is 6.45. The van der Waals surface area contributed by atoms with Crippen molar-refractivity contribution in [3.63, 3.8) is 0 Å². The van der Waals surface area contributed by atoms with Gasteiger partial charge in [-0.05, 0) is 43.6 Å². The molecule has 2 aliphatic carbocycles. The molecule has 4 N–H and O–H groups in total. The Morgan fingerprint density at radius 1 is 1.17 bits per heavy atom. The predicted molar refractivity (Wildman–Crippen MR) is 91.3 cm³/mol. The van der Waals surface area contributed by atoms with Gasteiger partial charge in [0.05, 0.1) is 6.26 Å². The Labute approximate surface area is 140 Å². The number of sulfonamides is 1. The van der Waals surface area contributed by atoms with Gasteiger partial charge in [-0.25, -0.2) is 13.1 Å². The lowest BCUT2D eigenvalue weighted by molar-refractivity contribution is -0.124. The number of nitrogens with two attached hydrogens (primary N) is 1. The number of rotatable bonds is 7. The fourth-order valence-corrected chi connectivity index (χ4v) is 4.97. The van der Waals surface area contributed by atoms with Crippen molar-refractivity contribution in [3.8, 4) is 0 Å². The van der Waals surface area contributed by atoms with Crippen molar-refractivity contribution in [2.24, 2.45) is 17.1 Å². The predicted octanol–water partition coefficient (Wildman–Crippen LogP) is 1.12. The summed E-state index contributed by atoms with van der Waals surface area (Å²) in [6.07, 6.45) is 10.1. The molecule has 0 aromatic carbocycles. The summed E-state index contributed by atoms with van der Waals surface area (Å²) in [5.74, 6) is 0.246. The van der Waals surface area contributed by atoms with Gasteiger partial charge < -0.3 is 11.1 Å². The van der Waals surface area contributed by atoms with E-state index in [2.05, 4.69) is 10.0 Å². The lowest BCUT2D eigenvalue weighted by Gasteiger charge is -2.35. The number of carbonyl (C=O) groups is 1. The Morgan fingerprint density at radius 3 is 2.48 bits per heavy atom. The Balaban J connectivity index is 1.81. The molecule has 2 saturated carbocycles. The first-order valence-corrected chi connectivity index (χ1v) is 10.7. The summed E-state index contributed by atoms with van der Waals surface area (Å²) in [6, 6.07) is -0.0524. The summed E-state index contributed by atoms with van der Waals surface area (Å²) < 4.78 is 25.5. The van der Waals surface area contributed by atoms with Gasteiger partial charge >= 0.3 is 0 Å². The van der Waals surface area contributed by atoms with Crippen molar-refractivity contribution in [1.29, 1.82) is 0 Å². The molecule has 2 rings (SSSR count). The molecule has 6 nitrogen and oxygen atoms in total. The van der Waals surface area contributed by atoms with Crippen LogP contribution in [0.4, 0.5) is 0 Å². The van der Waals surface area contributed by atoms with E-state index in [-0.39, 0.29) is 23.3 Å².